The van der Waals surface area contributed by atoms with Crippen LogP contribution in [0.4, 0.5) is 0 Å². The Kier molecular flexibility index (Phi) is 21.4. The van der Waals surface area contributed by atoms with Gasteiger partial charge in [0.05, 0.1) is 25.8 Å². The van der Waals surface area contributed by atoms with Crippen molar-refractivity contribution in [3.05, 3.63) is 89.2 Å². The van der Waals surface area contributed by atoms with Crippen LogP contribution in [0.3, 0.4) is 0 Å². The summed E-state index contributed by atoms with van der Waals surface area (Å²) in [4.78, 5) is 16.0. The summed E-state index contributed by atoms with van der Waals surface area (Å²) < 4.78 is 14.2. The maximum absolute atomic E-state index is 14.1. The van der Waals surface area contributed by atoms with Crippen molar-refractivity contribution in [2.45, 2.75) is 156 Å². The Morgan fingerprint density at radius 1 is 0.700 bits per heavy atom. The van der Waals surface area contributed by atoms with Crippen LogP contribution in [0.5, 0.6) is 11.5 Å². The molecule has 1 aromatic heterocycles. The van der Waals surface area contributed by atoms with Crippen molar-refractivity contribution in [3.8, 4) is 11.5 Å². The topological polar surface area (TPSA) is 42.7 Å². The minimum atomic E-state index is -0.0938. The summed E-state index contributed by atoms with van der Waals surface area (Å²) in [7, 11) is 1.62. The lowest BCUT2D eigenvalue weighted by Crippen LogP contribution is -3.00. The normalized spacial score (nSPS) is 11.2. The number of aromatic nitrogens is 1. The van der Waals surface area contributed by atoms with Gasteiger partial charge in [0.25, 0.3) is 5.91 Å². The van der Waals surface area contributed by atoms with Crippen LogP contribution < -0.4 is 38.0 Å². The molecular formula is C44H67IN2O3. The van der Waals surface area contributed by atoms with E-state index in [-0.39, 0.29) is 35.3 Å². The van der Waals surface area contributed by atoms with Gasteiger partial charge in [0, 0.05) is 24.6 Å². The van der Waals surface area contributed by atoms with E-state index in [1.54, 1.807) is 7.11 Å². The fourth-order valence-electron chi connectivity index (χ4n) is 6.57. The van der Waals surface area contributed by atoms with Crippen LogP contribution in [0.15, 0.2) is 67.0 Å². The molecule has 0 unspecified atom stereocenters. The summed E-state index contributed by atoms with van der Waals surface area (Å²) in [6, 6.07) is 18.2. The van der Waals surface area contributed by atoms with Gasteiger partial charge < -0.3 is 38.4 Å². The third kappa shape index (κ3) is 15.7. The molecule has 6 heteroatoms. The average molecular weight is 799 g/mol. The molecule has 278 valence electrons. The van der Waals surface area contributed by atoms with Crippen molar-refractivity contribution in [1.82, 2.24) is 4.90 Å². The van der Waals surface area contributed by atoms with Crippen LogP contribution >= 0.6 is 0 Å². The van der Waals surface area contributed by atoms with Gasteiger partial charge in [-0.15, -0.1) is 0 Å². The van der Waals surface area contributed by atoms with Gasteiger partial charge in [-0.25, -0.2) is 4.57 Å². The quantitative estimate of drug-likeness (QED) is 0.0520. The highest BCUT2D eigenvalue weighted by atomic mass is 127. The molecule has 0 aliphatic heterocycles. The predicted octanol–water partition coefficient (Wildman–Crippen LogP) is 8.40. The maximum atomic E-state index is 14.1. The van der Waals surface area contributed by atoms with E-state index in [4.69, 9.17) is 9.47 Å². The lowest BCUT2D eigenvalue weighted by molar-refractivity contribution is -0.697. The standard InChI is InChI=1S/C44H67N2O3.HI/c1-7-9-10-11-12-13-14-15-16-17-18-19-20-23-32-49-42-29-28-37(33-40(42)44(3,4)5)35-46(36-38-25-24-31-45(34-38)30-8-2)43(47)39-26-21-22-27-41(39)48-6;/h21-22,24-29,31,33-34H,7-20,23,30,32,35-36H2,1-6H3;1H/q+1;/p-1. The summed E-state index contributed by atoms with van der Waals surface area (Å²) in [6.07, 6.45) is 24.2. The van der Waals surface area contributed by atoms with E-state index in [1.165, 1.54) is 89.0 Å². The second-order valence-electron chi connectivity index (χ2n) is 14.8. The van der Waals surface area contributed by atoms with Crippen molar-refractivity contribution in [1.29, 1.82) is 0 Å². The monoisotopic (exact) mass is 798 g/mol. The molecule has 0 fully saturated rings. The van der Waals surface area contributed by atoms with Gasteiger partial charge in [-0.3, -0.25) is 4.79 Å². The van der Waals surface area contributed by atoms with Gasteiger partial charge in [-0.2, -0.15) is 0 Å². The number of para-hydroxylation sites is 1. The van der Waals surface area contributed by atoms with Crippen molar-refractivity contribution in [3.63, 3.8) is 0 Å². The second-order valence-corrected chi connectivity index (χ2v) is 14.8. The fraction of sp³-hybridized carbons (Fsp3) is 0.591. The highest BCUT2D eigenvalue weighted by Gasteiger charge is 2.24. The maximum Gasteiger partial charge on any atom is 0.258 e. The summed E-state index contributed by atoms with van der Waals surface area (Å²) in [5, 5.41) is 0. The number of benzene rings is 2. The van der Waals surface area contributed by atoms with E-state index in [0.29, 0.717) is 24.4 Å². The van der Waals surface area contributed by atoms with Crippen LogP contribution in [0.25, 0.3) is 0 Å². The minimum absolute atomic E-state index is 0. The highest BCUT2D eigenvalue weighted by Crippen LogP contribution is 2.33. The predicted molar refractivity (Wildman–Crippen MR) is 204 cm³/mol. The van der Waals surface area contributed by atoms with E-state index < -0.39 is 0 Å². The Labute approximate surface area is 322 Å². The molecule has 50 heavy (non-hydrogen) atoms. The van der Waals surface area contributed by atoms with Crippen molar-refractivity contribution in [2.24, 2.45) is 0 Å². The molecule has 0 spiro atoms. The summed E-state index contributed by atoms with van der Waals surface area (Å²) in [5.41, 5.74) is 3.86. The number of hydrogen-bond donors (Lipinski definition) is 0. The molecule has 5 nitrogen and oxygen atoms in total. The number of ether oxygens (including phenoxy) is 2. The summed E-state index contributed by atoms with van der Waals surface area (Å²) >= 11 is 0. The molecule has 3 rings (SSSR count). The van der Waals surface area contributed by atoms with Crippen LogP contribution in [0.2, 0.25) is 0 Å². The number of methoxy groups -OCH3 is 1. The molecule has 0 saturated heterocycles. The lowest BCUT2D eigenvalue weighted by Gasteiger charge is -2.27. The van der Waals surface area contributed by atoms with Gasteiger partial charge in [-0.05, 0) is 53.3 Å². The van der Waals surface area contributed by atoms with Crippen LogP contribution in [-0.4, -0.2) is 24.5 Å². The summed E-state index contributed by atoms with van der Waals surface area (Å²) in [6.45, 7) is 13.9. The molecule has 0 radical (unpaired) electrons. The molecule has 2 aromatic carbocycles. The first kappa shape index (κ1) is 43.6. The zero-order valence-electron chi connectivity index (χ0n) is 32.3. The van der Waals surface area contributed by atoms with E-state index in [1.807, 2.05) is 29.2 Å². The number of pyridine rings is 1. The Bertz CT molecular complexity index is 1370. The van der Waals surface area contributed by atoms with Gasteiger partial charge >= 0.3 is 0 Å². The third-order valence-electron chi connectivity index (χ3n) is 9.38. The Hall–Kier alpha value is -2.61. The van der Waals surface area contributed by atoms with Crippen LogP contribution in [0.1, 0.15) is 158 Å². The third-order valence-corrected chi connectivity index (χ3v) is 9.38. The zero-order chi connectivity index (χ0) is 35.3. The number of amides is 1. The fourth-order valence-corrected chi connectivity index (χ4v) is 6.57. The molecule has 0 saturated carbocycles. The first-order valence-electron chi connectivity index (χ1n) is 19.4. The molecule has 0 aliphatic carbocycles. The van der Waals surface area contributed by atoms with E-state index in [0.717, 1.165) is 42.9 Å². The number of aryl methyl sites for hydroxylation is 1. The van der Waals surface area contributed by atoms with Crippen LogP contribution in [-0.2, 0) is 25.0 Å². The SMILES string of the molecule is CCCCCCCCCCCCCCCCOc1ccc(CN(Cc2ccc[n+](CCC)c2)C(=O)c2ccccc2OC)cc1C(C)(C)C.[I-]. The number of unbranched alkanes of at least 4 members (excludes halogenated alkanes) is 13. The van der Waals surface area contributed by atoms with E-state index in [9.17, 15) is 4.79 Å². The molecule has 0 aliphatic rings. The zero-order valence-corrected chi connectivity index (χ0v) is 34.4. The van der Waals surface area contributed by atoms with Crippen molar-refractivity contribution in [2.75, 3.05) is 13.7 Å². The molecule has 0 bridgehead atoms. The largest absolute Gasteiger partial charge is 1.00 e. The average Bonchev–Trinajstić information content (AvgIpc) is 3.09. The Morgan fingerprint density at radius 3 is 1.90 bits per heavy atom. The lowest BCUT2D eigenvalue weighted by atomic mass is 9.85. The molecule has 0 atom stereocenters. The summed E-state index contributed by atoms with van der Waals surface area (Å²) in [5.74, 6) is 1.50. The number of nitrogens with zero attached hydrogens (tertiary/aromatic N) is 2. The number of carbonyl (C=O) groups is 1. The molecular weight excluding hydrogens is 731 g/mol. The van der Waals surface area contributed by atoms with Gasteiger partial charge in [0.2, 0.25) is 0 Å². The smallest absolute Gasteiger partial charge is 0.258 e. The van der Waals surface area contributed by atoms with Crippen molar-refractivity contribution < 1.29 is 42.8 Å². The van der Waals surface area contributed by atoms with Gasteiger partial charge in [0.15, 0.2) is 12.4 Å². The molecule has 3 aromatic rings. The number of rotatable bonds is 24. The van der Waals surface area contributed by atoms with Crippen LogP contribution in [0, 0.1) is 0 Å². The Balaban J connectivity index is 0.00000867. The molecule has 1 amide bonds. The molecule has 0 N–H and O–H groups in total. The number of halogens is 1. The minimum Gasteiger partial charge on any atom is -1.00 e. The Morgan fingerprint density at radius 2 is 1.30 bits per heavy atom. The van der Waals surface area contributed by atoms with E-state index in [2.05, 4.69) is 81.9 Å². The number of hydrogen-bond acceptors (Lipinski definition) is 3. The van der Waals surface area contributed by atoms with Crippen molar-refractivity contribution >= 4 is 5.91 Å². The number of carbonyl (C=O) groups excluding carboxylic acids is 1. The van der Waals surface area contributed by atoms with E-state index >= 15 is 0 Å². The highest BCUT2D eigenvalue weighted by molar-refractivity contribution is 5.96. The van der Waals surface area contributed by atoms with Gasteiger partial charge in [-0.1, -0.05) is 136 Å². The van der Waals surface area contributed by atoms with Gasteiger partial charge in [0.1, 0.15) is 18.0 Å². The molecule has 1 heterocycles. The first-order chi connectivity index (χ1) is 23.8. The first-order valence-corrected chi connectivity index (χ1v) is 19.4. The second kappa shape index (κ2) is 24.6.